The van der Waals surface area contributed by atoms with Crippen LogP contribution in [-0.4, -0.2) is 17.6 Å². The Bertz CT molecular complexity index is 342. The highest BCUT2D eigenvalue weighted by molar-refractivity contribution is 6.42. The summed E-state index contributed by atoms with van der Waals surface area (Å²) in [7, 11) is 0. The van der Waals surface area contributed by atoms with Crippen LogP contribution in [0.3, 0.4) is 0 Å². The predicted molar refractivity (Wildman–Crippen MR) is 55.4 cm³/mol. The molecule has 0 radical (unpaired) electrons. The van der Waals surface area contributed by atoms with Crippen LogP contribution in [0.15, 0.2) is 18.2 Å². The van der Waals surface area contributed by atoms with Crippen LogP contribution in [0.2, 0.25) is 10.0 Å². The molecule has 0 aliphatic carbocycles. The Hall–Kier alpha value is -0.770. The Morgan fingerprint density at radius 2 is 2.14 bits per heavy atom. The summed E-state index contributed by atoms with van der Waals surface area (Å²) in [6.07, 6.45) is 0. The van der Waals surface area contributed by atoms with E-state index in [-0.39, 0.29) is 6.54 Å². The SMILES string of the molecule is O=C(CO)NCc1cccc(Cl)c1Cl. The van der Waals surface area contributed by atoms with Gasteiger partial charge in [0.25, 0.3) is 0 Å². The highest BCUT2D eigenvalue weighted by atomic mass is 35.5. The van der Waals surface area contributed by atoms with Crippen molar-refractivity contribution in [2.75, 3.05) is 6.61 Å². The lowest BCUT2D eigenvalue weighted by atomic mass is 10.2. The molecule has 0 aliphatic heterocycles. The molecule has 3 nitrogen and oxygen atoms in total. The molecule has 1 amide bonds. The predicted octanol–water partition coefficient (Wildman–Crippen LogP) is 1.60. The standard InChI is InChI=1S/C9H9Cl2NO2/c10-7-3-1-2-6(9(7)11)4-12-8(14)5-13/h1-3,13H,4-5H2,(H,12,14). The molecule has 0 bridgehead atoms. The van der Waals surface area contributed by atoms with Crippen LogP contribution in [-0.2, 0) is 11.3 Å². The summed E-state index contributed by atoms with van der Waals surface area (Å²) in [5, 5.41) is 11.8. The normalized spacial score (nSPS) is 9.93. The molecule has 2 N–H and O–H groups in total. The molecule has 0 atom stereocenters. The zero-order chi connectivity index (χ0) is 10.6. The van der Waals surface area contributed by atoms with Crippen molar-refractivity contribution in [1.29, 1.82) is 0 Å². The van der Waals surface area contributed by atoms with Gasteiger partial charge >= 0.3 is 0 Å². The zero-order valence-electron chi connectivity index (χ0n) is 7.26. The minimum absolute atomic E-state index is 0.263. The van der Waals surface area contributed by atoms with Crippen LogP contribution >= 0.6 is 23.2 Å². The summed E-state index contributed by atoms with van der Waals surface area (Å²) in [6, 6.07) is 5.17. The van der Waals surface area contributed by atoms with Crippen LogP contribution in [0.1, 0.15) is 5.56 Å². The van der Waals surface area contributed by atoms with E-state index >= 15 is 0 Å². The van der Waals surface area contributed by atoms with Crippen LogP contribution < -0.4 is 5.32 Å². The van der Waals surface area contributed by atoms with Gasteiger partial charge in [-0.25, -0.2) is 0 Å². The molecule has 0 heterocycles. The Labute approximate surface area is 91.6 Å². The van der Waals surface area contributed by atoms with Gasteiger partial charge in [0.1, 0.15) is 6.61 Å². The number of rotatable bonds is 3. The molecular formula is C9H9Cl2NO2. The highest BCUT2D eigenvalue weighted by Gasteiger charge is 2.05. The number of halogens is 2. The average molecular weight is 234 g/mol. The summed E-state index contributed by atoms with van der Waals surface area (Å²) in [4.78, 5) is 10.7. The lowest BCUT2D eigenvalue weighted by Gasteiger charge is -2.06. The molecule has 0 aliphatic rings. The molecule has 0 fully saturated rings. The summed E-state index contributed by atoms with van der Waals surface area (Å²) in [5.74, 6) is -0.443. The lowest BCUT2D eigenvalue weighted by molar-refractivity contribution is -0.123. The van der Waals surface area contributed by atoms with Crippen molar-refractivity contribution < 1.29 is 9.90 Å². The topological polar surface area (TPSA) is 49.3 Å². The van der Waals surface area contributed by atoms with Crippen molar-refractivity contribution in [1.82, 2.24) is 5.32 Å². The fraction of sp³-hybridized carbons (Fsp3) is 0.222. The van der Waals surface area contributed by atoms with E-state index < -0.39 is 12.5 Å². The molecule has 0 spiro atoms. The van der Waals surface area contributed by atoms with Crippen molar-refractivity contribution in [3.63, 3.8) is 0 Å². The van der Waals surface area contributed by atoms with Crippen molar-refractivity contribution in [2.45, 2.75) is 6.54 Å². The van der Waals surface area contributed by atoms with E-state index in [1.54, 1.807) is 18.2 Å². The maximum Gasteiger partial charge on any atom is 0.245 e. The summed E-state index contributed by atoms with van der Waals surface area (Å²) in [5.41, 5.74) is 0.723. The number of benzene rings is 1. The first-order valence-corrected chi connectivity index (χ1v) is 4.71. The summed E-state index contributed by atoms with van der Waals surface area (Å²) in [6.45, 7) is -0.267. The van der Waals surface area contributed by atoms with E-state index in [1.807, 2.05) is 0 Å². The first-order valence-electron chi connectivity index (χ1n) is 3.95. The first kappa shape index (κ1) is 11.3. The van der Waals surface area contributed by atoms with E-state index in [9.17, 15) is 4.79 Å². The number of carbonyl (C=O) groups excluding carboxylic acids is 1. The third kappa shape index (κ3) is 2.87. The fourth-order valence-electron chi connectivity index (χ4n) is 0.935. The molecule has 1 aromatic rings. The molecule has 0 saturated heterocycles. The van der Waals surface area contributed by atoms with Crippen LogP contribution in [0, 0.1) is 0 Å². The molecule has 1 rings (SSSR count). The molecule has 14 heavy (non-hydrogen) atoms. The van der Waals surface area contributed by atoms with Gasteiger partial charge in [0.05, 0.1) is 10.0 Å². The second kappa shape index (κ2) is 5.20. The van der Waals surface area contributed by atoms with Crippen LogP contribution in [0.4, 0.5) is 0 Å². The molecule has 1 aromatic carbocycles. The minimum Gasteiger partial charge on any atom is -0.387 e. The molecule has 0 saturated carbocycles. The number of hydrogen-bond acceptors (Lipinski definition) is 2. The monoisotopic (exact) mass is 233 g/mol. The number of aliphatic hydroxyl groups is 1. The zero-order valence-corrected chi connectivity index (χ0v) is 8.77. The van der Waals surface area contributed by atoms with E-state index in [1.165, 1.54) is 0 Å². The van der Waals surface area contributed by atoms with Gasteiger partial charge < -0.3 is 10.4 Å². The van der Waals surface area contributed by atoms with E-state index in [2.05, 4.69) is 5.32 Å². The van der Waals surface area contributed by atoms with Gasteiger partial charge in [-0.2, -0.15) is 0 Å². The third-order valence-corrected chi connectivity index (χ3v) is 2.51. The van der Waals surface area contributed by atoms with Gasteiger partial charge in [-0.05, 0) is 11.6 Å². The molecule has 5 heteroatoms. The third-order valence-electron chi connectivity index (χ3n) is 1.65. The quantitative estimate of drug-likeness (QED) is 0.834. The summed E-state index contributed by atoms with van der Waals surface area (Å²) >= 11 is 11.6. The number of carbonyl (C=O) groups is 1. The number of aliphatic hydroxyl groups excluding tert-OH is 1. The van der Waals surface area contributed by atoms with Gasteiger partial charge in [-0.15, -0.1) is 0 Å². The molecule has 0 unspecified atom stereocenters. The van der Waals surface area contributed by atoms with Crippen LogP contribution in [0.5, 0.6) is 0 Å². The van der Waals surface area contributed by atoms with Gasteiger partial charge in [0.15, 0.2) is 0 Å². The van der Waals surface area contributed by atoms with Crippen LogP contribution in [0.25, 0.3) is 0 Å². The Morgan fingerprint density at radius 1 is 1.43 bits per heavy atom. The van der Waals surface area contributed by atoms with Crippen molar-refractivity contribution >= 4 is 29.1 Å². The number of hydrogen-bond donors (Lipinski definition) is 2. The lowest BCUT2D eigenvalue weighted by Crippen LogP contribution is -2.25. The van der Waals surface area contributed by atoms with Gasteiger partial charge in [-0.1, -0.05) is 35.3 Å². The number of amides is 1. The Kier molecular flexibility index (Phi) is 4.20. The van der Waals surface area contributed by atoms with Gasteiger partial charge in [0, 0.05) is 6.54 Å². The molecular weight excluding hydrogens is 225 g/mol. The number of nitrogens with one attached hydrogen (secondary N) is 1. The largest absolute Gasteiger partial charge is 0.387 e. The van der Waals surface area contributed by atoms with Crippen molar-refractivity contribution in [3.8, 4) is 0 Å². The molecule has 76 valence electrons. The van der Waals surface area contributed by atoms with Crippen molar-refractivity contribution in [3.05, 3.63) is 33.8 Å². The minimum atomic E-state index is -0.530. The van der Waals surface area contributed by atoms with E-state index in [0.29, 0.717) is 10.0 Å². The Balaban J connectivity index is 2.68. The molecule has 0 aromatic heterocycles. The highest BCUT2D eigenvalue weighted by Crippen LogP contribution is 2.25. The first-order chi connectivity index (χ1) is 6.65. The summed E-state index contributed by atoms with van der Waals surface area (Å²) < 4.78 is 0. The smallest absolute Gasteiger partial charge is 0.245 e. The van der Waals surface area contributed by atoms with E-state index in [0.717, 1.165) is 5.56 Å². The maximum atomic E-state index is 10.7. The average Bonchev–Trinajstić information content (AvgIpc) is 2.20. The van der Waals surface area contributed by atoms with Crippen molar-refractivity contribution in [2.24, 2.45) is 0 Å². The van der Waals surface area contributed by atoms with Gasteiger partial charge in [-0.3, -0.25) is 4.79 Å². The second-order valence-electron chi connectivity index (χ2n) is 2.65. The Morgan fingerprint density at radius 3 is 2.79 bits per heavy atom. The fourth-order valence-corrected chi connectivity index (χ4v) is 1.32. The van der Waals surface area contributed by atoms with E-state index in [4.69, 9.17) is 28.3 Å². The maximum absolute atomic E-state index is 10.7. The van der Waals surface area contributed by atoms with Gasteiger partial charge in [0.2, 0.25) is 5.91 Å². The second-order valence-corrected chi connectivity index (χ2v) is 3.43.